The van der Waals surface area contributed by atoms with Gasteiger partial charge in [0.25, 0.3) is 5.91 Å². The molecule has 1 aliphatic heterocycles. The molecule has 32 heavy (non-hydrogen) atoms. The fraction of sp³-hybridized carbons (Fsp3) is 0.440. The van der Waals surface area contributed by atoms with Gasteiger partial charge in [-0.15, -0.1) is 24.0 Å². The number of guanidine groups is 1. The summed E-state index contributed by atoms with van der Waals surface area (Å²) >= 11 is 0. The van der Waals surface area contributed by atoms with E-state index in [1.165, 1.54) is 5.56 Å². The number of amides is 1. The lowest BCUT2D eigenvalue weighted by Gasteiger charge is -2.38. The van der Waals surface area contributed by atoms with Gasteiger partial charge in [-0.2, -0.15) is 0 Å². The second-order valence-electron chi connectivity index (χ2n) is 8.15. The number of rotatable bonds is 7. The number of nitrogens with one attached hydrogen (secondary N) is 3. The van der Waals surface area contributed by atoms with Crippen molar-refractivity contribution in [3.63, 3.8) is 0 Å². The highest BCUT2D eigenvalue weighted by Crippen LogP contribution is 2.20. The summed E-state index contributed by atoms with van der Waals surface area (Å²) in [7, 11) is 1.81. The molecule has 3 rings (SSSR count). The number of carbonyl (C=O) groups excluding carboxylic acids is 1. The Morgan fingerprint density at radius 3 is 2.41 bits per heavy atom. The molecular formula is C25H36IN5O. The number of benzene rings is 2. The Labute approximate surface area is 209 Å². The van der Waals surface area contributed by atoms with E-state index in [9.17, 15) is 4.79 Å². The summed E-state index contributed by atoms with van der Waals surface area (Å²) in [5, 5.41) is 9.80. The molecule has 0 aliphatic carbocycles. The van der Waals surface area contributed by atoms with Crippen LogP contribution in [0.4, 0.5) is 0 Å². The molecule has 2 atom stereocenters. The molecule has 2 aromatic carbocycles. The van der Waals surface area contributed by atoms with Crippen LogP contribution in [0.3, 0.4) is 0 Å². The molecule has 1 amide bonds. The van der Waals surface area contributed by atoms with Gasteiger partial charge in [0, 0.05) is 50.9 Å². The minimum atomic E-state index is -0.0350. The van der Waals surface area contributed by atoms with E-state index in [0.29, 0.717) is 30.7 Å². The summed E-state index contributed by atoms with van der Waals surface area (Å²) in [4.78, 5) is 18.8. The van der Waals surface area contributed by atoms with Crippen molar-refractivity contribution in [2.24, 2.45) is 4.99 Å². The minimum absolute atomic E-state index is 0. The molecule has 0 saturated carbocycles. The predicted octanol–water partition coefficient (Wildman–Crippen LogP) is 3.77. The van der Waals surface area contributed by atoms with Crippen LogP contribution in [-0.2, 0) is 13.1 Å². The summed E-state index contributed by atoms with van der Waals surface area (Å²) in [5.41, 5.74) is 3.17. The second kappa shape index (κ2) is 13.4. The third kappa shape index (κ3) is 7.78. The maximum atomic E-state index is 11.9. The molecule has 0 spiro atoms. The Balaban J connectivity index is 0.00000363. The fourth-order valence-corrected chi connectivity index (χ4v) is 4.02. The molecule has 1 aliphatic rings. The largest absolute Gasteiger partial charge is 0.354 e. The first kappa shape index (κ1) is 26.1. The van der Waals surface area contributed by atoms with Gasteiger partial charge in [-0.1, -0.05) is 42.5 Å². The highest BCUT2D eigenvalue weighted by molar-refractivity contribution is 14.0. The third-order valence-corrected chi connectivity index (χ3v) is 5.82. The van der Waals surface area contributed by atoms with Crippen molar-refractivity contribution in [1.82, 2.24) is 20.9 Å². The standard InChI is InChI=1S/C25H35N5O.HI/c1-4-27-24(31)22-12-10-20(11-13-22)17-28-25(26-3)29-23-14-15-30(19(2)16-23)18-21-8-6-5-7-9-21;/h5-13,19,23H,4,14-18H2,1-3H3,(H,27,31)(H2,26,28,29);1H. The zero-order valence-electron chi connectivity index (χ0n) is 19.3. The van der Waals surface area contributed by atoms with E-state index in [1.54, 1.807) is 0 Å². The molecule has 0 aromatic heterocycles. The lowest BCUT2D eigenvalue weighted by molar-refractivity contribution is 0.0956. The Kier molecular flexibility index (Phi) is 11.0. The second-order valence-corrected chi connectivity index (χ2v) is 8.15. The number of nitrogens with zero attached hydrogens (tertiary/aromatic N) is 2. The molecule has 2 aromatic rings. The van der Waals surface area contributed by atoms with Gasteiger partial charge in [0.15, 0.2) is 5.96 Å². The van der Waals surface area contributed by atoms with Crippen molar-refractivity contribution < 1.29 is 4.79 Å². The van der Waals surface area contributed by atoms with Crippen LogP contribution < -0.4 is 16.0 Å². The van der Waals surface area contributed by atoms with Crippen LogP contribution >= 0.6 is 24.0 Å². The summed E-state index contributed by atoms with van der Waals surface area (Å²) in [6.45, 7) is 7.61. The van der Waals surface area contributed by atoms with Crippen LogP contribution in [0.25, 0.3) is 0 Å². The Bertz CT molecular complexity index is 856. The van der Waals surface area contributed by atoms with Crippen LogP contribution in [0, 0.1) is 0 Å². The topological polar surface area (TPSA) is 68.8 Å². The normalized spacial score (nSPS) is 19.0. The number of piperidine rings is 1. The number of carbonyl (C=O) groups is 1. The highest BCUT2D eigenvalue weighted by Gasteiger charge is 2.25. The summed E-state index contributed by atoms with van der Waals surface area (Å²) in [6, 6.07) is 19.3. The van der Waals surface area contributed by atoms with Crippen molar-refractivity contribution in [1.29, 1.82) is 0 Å². The molecule has 1 fully saturated rings. The van der Waals surface area contributed by atoms with Crippen LogP contribution in [0.1, 0.15) is 48.2 Å². The molecule has 1 heterocycles. The lowest BCUT2D eigenvalue weighted by atomic mass is 9.97. The molecule has 0 bridgehead atoms. The van der Waals surface area contributed by atoms with Crippen molar-refractivity contribution in [2.75, 3.05) is 20.1 Å². The molecule has 7 heteroatoms. The summed E-state index contributed by atoms with van der Waals surface area (Å²) < 4.78 is 0. The Morgan fingerprint density at radius 2 is 1.78 bits per heavy atom. The molecule has 6 nitrogen and oxygen atoms in total. The maximum Gasteiger partial charge on any atom is 0.251 e. The number of hydrogen-bond acceptors (Lipinski definition) is 3. The Morgan fingerprint density at radius 1 is 1.06 bits per heavy atom. The number of halogens is 1. The van der Waals surface area contributed by atoms with E-state index < -0.39 is 0 Å². The quantitative estimate of drug-likeness (QED) is 0.280. The SMILES string of the molecule is CCNC(=O)c1ccc(CNC(=NC)NC2CCN(Cc3ccccc3)C(C)C2)cc1.I. The molecule has 174 valence electrons. The van der Waals surface area contributed by atoms with E-state index in [-0.39, 0.29) is 29.9 Å². The Hall–Kier alpha value is -2.13. The van der Waals surface area contributed by atoms with Gasteiger partial charge in [-0.05, 0) is 49.9 Å². The highest BCUT2D eigenvalue weighted by atomic mass is 127. The van der Waals surface area contributed by atoms with Gasteiger partial charge < -0.3 is 16.0 Å². The third-order valence-electron chi connectivity index (χ3n) is 5.82. The first-order chi connectivity index (χ1) is 15.1. The number of hydrogen-bond donors (Lipinski definition) is 3. The average Bonchev–Trinajstić information content (AvgIpc) is 2.79. The van der Waals surface area contributed by atoms with Gasteiger partial charge in [-0.3, -0.25) is 14.7 Å². The van der Waals surface area contributed by atoms with Gasteiger partial charge in [0.05, 0.1) is 0 Å². The fourth-order valence-electron chi connectivity index (χ4n) is 4.02. The van der Waals surface area contributed by atoms with Gasteiger partial charge in [0.2, 0.25) is 0 Å². The minimum Gasteiger partial charge on any atom is -0.354 e. The van der Waals surface area contributed by atoms with Gasteiger partial charge in [-0.25, -0.2) is 0 Å². The van der Waals surface area contributed by atoms with E-state index in [2.05, 4.69) is 63.1 Å². The molecule has 0 radical (unpaired) electrons. The molecule has 2 unspecified atom stereocenters. The first-order valence-corrected chi connectivity index (χ1v) is 11.2. The smallest absolute Gasteiger partial charge is 0.251 e. The monoisotopic (exact) mass is 549 g/mol. The van der Waals surface area contributed by atoms with E-state index in [4.69, 9.17) is 0 Å². The zero-order valence-corrected chi connectivity index (χ0v) is 21.6. The molecule has 3 N–H and O–H groups in total. The average molecular weight is 550 g/mol. The summed E-state index contributed by atoms with van der Waals surface area (Å²) in [5.74, 6) is 0.786. The molecular weight excluding hydrogens is 513 g/mol. The first-order valence-electron chi connectivity index (χ1n) is 11.2. The van der Waals surface area contributed by atoms with E-state index >= 15 is 0 Å². The van der Waals surface area contributed by atoms with Gasteiger partial charge in [0.1, 0.15) is 0 Å². The van der Waals surface area contributed by atoms with Crippen molar-refractivity contribution >= 4 is 35.8 Å². The van der Waals surface area contributed by atoms with Crippen molar-refractivity contribution in [3.8, 4) is 0 Å². The number of likely N-dealkylation sites (tertiary alicyclic amines) is 1. The van der Waals surface area contributed by atoms with Crippen LogP contribution in [-0.4, -0.2) is 49.0 Å². The predicted molar refractivity (Wildman–Crippen MR) is 143 cm³/mol. The van der Waals surface area contributed by atoms with Crippen molar-refractivity contribution in [3.05, 3.63) is 71.3 Å². The zero-order chi connectivity index (χ0) is 22.1. The van der Waals surface area contributed by atoms with E-state index in [0.717, 1.165) is 37.5 Å². The van der Waals surface area contributed by atoms with Gasteiger partial charge >= 0.3 is 0 Å². The van der Waals surface area contributed by atoms with E-state index in [1.807, 2.05) is 38.2 Å². The summed E-state index contributed by atoms with van der Waals surface area (Å²) in [6.07, 6.45) is 2.19. The number of aliphatic imine (C=N–C) groups is 1. The van der Waals surface area contributed by atoms with Crippen LogP contribution in [0.2, 0.25) is 0 Å². The lowest BCUT2D eigenvalue weighted by Crippen LogP contribution is -2.51. The molecule has 1 saturated heterocycles. The van der Waals surface area contributed by atoms with Crippen molar-refractivity contribution in [2.45, 2.75) is 51.9 Å². The maximum absolute atomic E-state index is 11.9. The van der Waals surface area contributed by atoms with Crippen LogP contribution in [0.5, 0.6) is 0 Å². The van der Waals surface area contributed by atoms with Crippen LogP contribution in [0.15, 0.2) is 59.6 Å².